The average molecular weight is 307 g/mol. The van der Waals surface area contributed by atoms with Gasteiger partial charge in [0.2, 0.25) is 0 Å². The van der Waals surface area contributed by atoms with Crippen molar-refractivity contribution < 1.29 is 4.74 Å². The number of ether oxygens (including phenoxy) is 1. The second-order valence-electron chi connectivity index (χ2n) is 5.87. The lowest BCUT2D eigenvalue weighted by atomic mass is 10.1. The minimum absolute atomic E-state index is 0.359. The molecule has 1 heterocycles. The number of nitrogens with one attached hydrogen (secondary N) is 1. The van der Waals surface area contributed by atoms with Gasteiger partial charge in [-0.15, -0.1) is 0 Å². The third kappa shape index (κ3) is 3.82. The summed E-state index contributed by atoms with van der Waals surface area (Å²) in [6.45, 7) is 3.03. The first-order valence-electron chi connectivity index (χ1n) is 7.89. The standard InChI is InChI=1S/C19H21N3O/c1-23-18-8-7-16(12-20)19(11-18)21-17-9-10-22(14-17)13-15-5-3-2-4-6-15/h2-8,11,17,21H,9-10,13-14H2,1H3. The number of benzene rings is 2. The summed E-state index contributed by atoms with van der Waals surface area (Å²) in [7, 11) is 1.64. The highest BCUT2D eigenvalue weighted by Crippen LogP contribution is 2.25. The van der Waals surface area contributed by atoms with Crippen molar-refractivity contribution in [3.63, 3.8) is 0 Å². The van der Waals surface area contributed by atoms with Gasteiger partial charge in [0.05, 0.1) is 18.4 Å². The number of likely N-dealkylation sites (tertiary alicyclic amines) is 1. The summed E-state index contributed by atoms with van der Waals surface area (Å²) in [4.78, 5) is 2.44. The second kappa shape index (κ2) is 7.17. The molecule has 118 valence electrons. The predicted molar refractivity (Wildman–Crippen MR) is 91.5 cm³/mol. The van der Waals surface area contributed by atoms with Crippen LogP contribution >= 0.6 is 0 Å². The Kier molecular flexibility index (Phi) is 4.80. The normalized spacial score (nSPS) is 17.7. The van der Waals surface area contributed by atoms with Crippen molar-refractivity contribution in [2.45, 2.75) is 19.0 Å². The van der Waals surface area contributed by atoms with Crippen LogP contribution in [0.4, 0.5) is 5.69 Å². The van der Waals surface area contributed by atoms with E-state index in [4.69, 9.17) is 4.74 Å². The molecule has 0 aliphatic carbocycles. The van der Waals surface area contributed by atoms with Crippen molar-refractivity contribution in [2.75, 3.05) is 25.5 Å². The fraction of sp³-hybridized carbons (Fsp3) is 0.316. The Morgan fingerprint density at radius 2 is 2.09 bits per heavy atom. The van der Waals surface area contributed by atoms with Gasteiger partial charge in [-0.25, -0.2) is 0 Å². The summed E-state index contributed by atoms with van der Waals surface area (Å²) in [5.41, 5.74) is 2.86. The molecule has 23 heavy (non-hydrogen) atoms. The summed E-state index contributed by atoms with van der Waals surface area (Å²) in [6, 6.07) is 18.7. The first-order valence-corrected chi connectivity index (χ1v) is 7.89. The molecule has 0 radical (unpaired) electrons. The van der Waals surface area contributed by atoms with Crippen LogP contribution in [0.5, 0.6) is 5.75 Å². The molecule has 0 amide bonds. The Hall–Kier alpha value is -2.51. The molecule has 1 fully saturated rings. The lowest BCUT2D eigenvalue weighted by Crippen LogP contribution is -2.26. The van der Waals surface area contributed by atoms with Gasteiger partial charge >= 0.3 is 0 Å². The average Bonchev–Trinajstić information content (AvgIpc) is 3.02. The lowest BCUT2D eigenvalue weighted by molar-refractivity contribution is 0.328. The zero-order chi connectivity index (χ0) is 16.1. The SMILES string of the molecule is COc1ccc(C#N)c(NC2CCN(Cc3ccccc3)C2)c1. The third-order valence-corrected chi connectivity index (χ3v) is 4.23. The van der Waals surface area contributed by atoms with Crippen LogP contribution in [0.15, 0.2) is 48.5 Å². The van der Waals surface area contributed by atoms with Gasteiger partial charge in [-0.1, -0.05) is 30.3 Å². The molecule has 0 spiro atoms. The molecule has 0 bridgehead atoms. The molecule has 4 heteroatoms. The van der Waals surface area contributed by atoms with E-state index in [1.54, 1.807) is 13.2 Å². The summed E-state index contributed by atoms with van der Waals surface area (Å²) in [5.74, 6) is 0.769. The summed E-state index contributed by atoms with van der Waals surface area (Å²) in [5, 5.41) is 12.8. The maximum atomic E-state index is 9.26. The molecule has 4 nitrogen and oxygen atoms in total. The van der Waals surface area contributed by atoms with Crippen LogP contribution in [0.2, 0.25) is 0 Å². The van der Waals surface area contributed by atoms with Gasteiger partial charge in [-0.05, 0) is 24.1 Å². The highest BCUT2D eigenvalue weighted by atomic mass is 16.5. The first-order chi connectivity index (χ1) is 11.3. The minimum Gasteiger partial charge on any atom is -0.497 e. The van der Waals surface area contributed by atoms with Crippen LogP contribution in [0.25, 0.3) is 0 Å². The van der Waals surface area contributed by atoms with E-state index in [0.717, 1.165) is 37.5 Å². The number of hydrogen-bond donors (Lipinski definition) is 1. The van der Waals surface area contributed by atoms with Gasteiger partial charge in [-0.2, -0.15) is 5.26 Å². The maximum Gasteiger partial charge on any atom is 0.121 e. The molecule has 1 aliphatic rings. The topological polar surface area (TPSA) is 48.3 Å². The van der Waals surface area contributed by atoms with Crippen LogP contribution in [-0.2, 0) is 6.54 Å². The van der Waals surface area contributed by atoms with Gasteiger partial charge in [0.25, 0.3) is 0 Å². The highest BCUT2D eigenvalue weighted by molar-refractivity contribution is 5.61. The van der Waals surface area contributed by atoms with E-state index in [2.05, 4.69) is 40.6 Å². The lowest BCUT2D eigenvalue weighted by Gasteiger charge is -2.18. The fourth-order valence-electron chi connectivity index (χ4n) is 3.02. The number of nitriles is 1. The molecular formula is C19H21N3O. The molecule has 1 saturated heterocycles. The van der Waals surface area contributed by atoms with Crippen LogP contribution in [0, 0.1) is 11.3 Å². The Morgan fingerprint density at radius 3 is 2.83 bits per heavy atom. The predicted octanol–water partition coefficient (Wildman–Crippen LogP) is 3.25. The van der Waals surface area contributed by atoms with Gasteiger partial charge in [0.15, 0.2) is 0 Å². The number of anilines is 1. The summed E-state index contributed by atoms with van der Waals surface area (Å²) < 4.78 is 5.26. The first kappa shape index (κ1) is 15.4. The summed E-state index contributed by atoms with van der Waals surface area (Å²) in [6.07, 6.45) is 1.08. The second-order valence-corrected chi connectivity index (χ2v) is 5.87. The number of hydrogen-bond acceptors (Lipinski definition) is 4. The van der Waals surface area contributed by atoms with Gasteiger partial charge < -0.3 is 10.1 Å². The van der Waals surface area contributed by atoms with E-state index in [9.17, 15) is 5.26 Å². The zero-order valence-electron chi connectivity index (χ0n) is 13.3. The van der Waals surface area contributed by atoms with E-state index in [1.807, 2.05) is 18.2 Å². The van der Waals surface area contributed by atoms with Crippen molar-refractivity contribution >= 4 is 5.69 Å². The smallest absolute Gasteiger partial charge is 0.121 e. The number of nitrogens with zero attached hydrogens (tertiary/aromatic N) is 2. The molecule has 1 unspecified atom stereocenters. The van der Waals surface area contributed by atoms with Crippen LogP contribution in [-0.4, -0.2) is 31.1 Å². The Balaban J connectivity index is 1.63. The largest absolute Gasteiger partial charge is 0.497 e. The van der Waals surface area contributed by atoms with E-state index in [0.29, 0.717) is 11.6 Å². The number of rotatable bonds is 5. The van der Waals surface area contributed by atoms with E-state index in [1.165, 1.54) is 5.56 Å². The monoisotopic (exact) mass is 307 g/mol. The van der Waals surface area contributed by atoms with Crippen molar-refractivity contribution in [3.05, 3.63) is 59.7 Å². The van der Waals surface area contributed by atoms with Crippen LogP contribution < -0.4 is 10.1 Å². The van der Waals surface area contributed by atoms with Gasteiger partial charge in [0.1, 0.15) is 11.8 Å². The fourth-order valence-corrected chi connectivity index (χ4v) is 3.02. The molecule has 1 aliphatic heterocycles. The minimum atomic E-state index is 0.359. The van der Waals surface area contributed by atoms with E-state index >= 15 is 0 Å². The van der Waals surface area contributed by atoms with Gasteiger partial charge in [0, 0.05) is 31.7 Å². The maximum absolute atomic E-state index is 9.26. The van der Waals surface area contributed by atoms with Crippen molar-refractivity contribution in [1.29, 1.82) is 5.26 Å². The Labute approximate surface area is 137 Å². The quantitative estimate of drug-likeness (QED) is 0.921. The highest BCUT2D eigenvalue weighted by Gasteiger charge is 2.23. The Morgan fingerprint density at radius 1 is 1.26 bits per heavy atom. The molecule has 1 atom stereocenters. The van der Waals surface area contributed by atoms with Crippen molar-refractivity contribution in [2.24, 2.45) is 0 Å². The number of methoxy groups -OCH3 is 1. The van der Waals surface area contributed by atoms with Gasteiger partial charge in [-0.3, -0.25) is 4.90 Å². The molecule has 0 saturated carbocycles. The zero-order valence-corrected chi connectivity index (χ0v) is 13.3. The Bertz CT molecular complexity index is 694. The molecule has 2 aromatic carbocycles. The van der Waals surface area contributed by atoms with Crippen molar-refractivity contribution in [1.82, 2.24) is 4.90 Å². The van der Waals surface area contributed by atoms with Crippen molar-refractivity contribution in [3.8, 4) is 11.8 Å². The van der Waals surface area contributed by atoms with Crippen LogP contribution in [0.3, 0.4) is 0 Å². The third-order valence-electron chi connectivity index (χ3n) is 4.23. The molecule has 0 aromatic heterocycles. The molecule has 3 rings (SSSR count). The molecule has 2 aromatic rings. The molecular weight excluding hydrogens is 286 g/mol. The van der Waals surface area contributed by atoms with E-state index < -0.39 is 0 Å². The van der Waals surface area contributed by atoms with Crippen LogP contribution in [0.1, 0.15) is 17.5 Å². The summed E-state index contributed by atoms with van der Waals surface area (Å²) >= 11 is 0. The van der Waals surface area contributed by atoms with E-state index in [-0.39, 0.29) is 0 Å². The molecule has 1 N–H and O–H groups in total.